The number of rotatable bonds is 7. The number of benzene rings is 1. The average Bonchev–Trinajstić information content (AvgIpc) is 2.85. The fourth-order valence-corrected chi connectivity index (χ4v) is 3.33. The molecule has 0 bridgehead atoms. The molecule has 1 heterocycles. The lowest BCUT2D eigenvalue weighted by atomic mass is 10.2. The molecular weight excluding hydrogens is 338 g/mol. The molecule has 0 radical (unpaired) electrons. The van der Waals surface area contributed by atoms with Crippen LogP contribution in [0, 0.1) is 0 Å². The van der Waals surface area contributed by atoms with Gasteiger partial charge in [-0.2, -0.15) is 0 Å². The molecule has 0 unspecified atom stereocenters. The summed E-state index contributed by atoms with van der Waals surface area (Å²) in [7, 11) is 1.66. The van der Waals surface area contributed by atoms with Gasteiger partial charge in [-0.3, -0.25) is 0 Å². The van der Waals surface area contributed by atoms with Gasteiger partial charge in [-0.1, -0.05) is 6.07 Å². The summed E-state index contributed by atoms with van der Waals surface area (Å²) in [6.07, 6.45) is 0. The van der Waals surface area contributed by atoms with Gasteiger partial charge in [0.2, 0.25) is 0 Å². The SMILES string of the molecule is CCOc1cc(CNCc2sccc2Br)ccc1OC. The minimum absolute atomic E-state index is 0.634. The maximum Gasteiger partial charge on any atom is 0.161 e. The number of hydrogen-bond donors (Lipinski definition) is 1. The highest BCUT2D eigenvalue weighted by Crippen LogP contribution is 2.28. The van der Waals surface area contributed by atoms with Crippen LogP contribution in [-0.2, 0) is 13.1 Å². The van der Waals surface area contributed by atoms with Crippen LogP contribution in [0.15, 0.2) is 34.1 Å². The van der Waals surface area contributed by atoms with E-state index in [0.29, 0.717) is 6.61 Å². The summed E-state index contributed by atoms with van der Waals surface area (Å²) in [5, 5.41) is 5.52. The Morgan fingerprint density at radius 2 is 2.05 bits per heavy atom. The Balaban J connectivity index is 1.95. The van der Waals surface area contributed by atoms with E-state index in [-0.39, 0.29) is 0 Å². The number of hydrogen-bond acceptors (Lipinski definition) is 4. The first-order valence-corrected chi connectivity index (χ1v) is 8.14. The van der Waals surface area contributed by atoms with E-state index in [4.69, 9.17) is 9.47 Å². The fourth-order valence-electron chi connectivity index (χ4n) is 1.87. The molecule has 2 aromatic rings. The predicted molar refractivity (Wildman–Crippen MR) is 86.7 cm³/mol. The van der Waals surface area contributed by atoms with E-state index < -0.39 is 0 Å². The maximum absolute atomic E-state index is 5.58. The first-order valence-electron chi connectivity index (χ1n) is 6.47. The van der Waals surface area contributed by atoms with Gasteiger partial charge in [0, 0.05) is 22.4 Å². The van der Waals surface area contributed by atoms with Crippen molar-refractivity contribution in [2.75, 3.05) is 13.7 Å². The molecule has 1 aromatic carbocycles. The van der Waals surface area contributed by atoms with E-state index >= 15 is 0 Å². The molecule has 3 nitrogen and oxygen atoms in total. The topological polar surface area (TPSA) is 30.5 Å². The number of methoxy groups -OCH3 is 1. The third-order valence-corrected chi connectivity index (χ3v) is 4.76. The Hall–Kier alpha value is -1.04. The van der Waals surface area contributed by atoms with Gasteiger partial charge in [0.25, 0.3) is 0 Å². The highest BCUT2D eigenvalue weighted by atomic mass is 79.9. The lowest BCUT2D eigenvalue weighted by Crippen LogP contribution is -2.12. The van der Waals surface area contributed by atoms with Gasteiger partial charge in [-0.15, -0.1) is 11.3 Å². The summed E-state index contributed by atoms with van der Waals surface area (Å²) >= 11 is 5.29. The molecule has 2 rings (SSSR count). The number of thiophene rings is 1. The Labute approximate surface area is 132 Å². The third kappa shape index (κ3) is 3.98. The smallest absolute Gasteiger partial charge is 0.161 e. The zero-order valence-corrected chi connectivity index (χ0v) is 14.0. The van der Waals surface area contributed by atoms with Crippen LogP contribution in [0.25, 0.3) is 0 Å². The molecule has 0 amide bonds. The Morgan fingerprint density at radius 3 is 2.70 bits per heavy atom. The molecule has 0 saturated heterocycles. The van der Waals surface area contributed by atoms with Crippen LogP contribution in [0.5, 0.6) is 11.5 Å². The molecule has 0 spiro atoms. The van der Waals surface area contributed by atoms with Crippen LogP contribution in [0.3, 0.4) is 0 Å². The Bertz CT molecular complexity index is 557. The zero-order valence-electron chi connectivity index (χ0n) is 11.6. The predicted octanol–water partition coefficient (Wildman–Crippen LogP) is 4.21. The van der Waals surface area contributed by atoms with Crippen molar-refractivity contribution in [3.63, 3.8) is 0 Å². The minimum atomic E-state index is 0.634. The van der Waals surface area contributed by atoms with E-state index in [1.54, 1.807) is 18.4 Å². The van der Waals surface area contributed by atoms with Crippen molar-refractivity contribution in [3.8, 4) is 11.5 Å². The summed E-state index contributed by atoms with van der Waals surface area (Å²) in [5.74, 6) is 1.57. The minimum Gasteiger partial charge on any atom is -0.493 e. The maximum atomic E-state index is 5.58. The monoisotopic (exact) mass is 355 g/mol. The molecule has 20 heavy (non-hydrogen) atoms. The second-order valence-electron chi connectivity index (χ2n) is 4.21. The first kappa shape index (κ1) is 15.4. The van der Waals surface area contributed by atoms with E-state index in [9.17, 15) is 0 Å². The summed E-state index contributed by atoms with van der Waals surface area (Å²) in [4.78, 5) is 1.31. The quantitative estimate of drug-likeness (QED) is 0.806. The molecule has 0 aliphatic rings. The number of ether oxygens (including phenoxy) is 2. The van der Waals surface area contributed by atoms with E-state index in [2.05, 4.69) is 38.8 Å². The van der Waals surface area contributed by atoms with Crippen molar-refractivity contribution in [1.82, 2.24) is 5.32 Å². The Kier molecular flexibility index (Phi) is 5.88. The Morgan fingerprint density at radius 1 is 1.20 bits per heavy atom. The highest BCUT2D eigenvalue weighted by molar-refractivity contribution is 9.10. The van der Waals surface area contributed by atoms with Gasteiger partial charge in [0.15, 0.2) is 11.5 Å². The average molecular weight is 356 g/mol. The van der Waals surface area contributed by atoms with E-state index in [1.165, 1.54) is 14.9 Å². The van der Waals surface area contributed by atoms with Gasteiger partial charge in [0.1, 0.15) is 0 Å². The van der Waals surface area contributed by atoms with Crippen molar-refractivity contribution in [2.24, 2.45) is 0 Å². The molecule has 1 aromatic heterocycles. The van der Waals surface area contributed by atoms with Gasteiger partial charge in [-0.05, 0) is 52.0 Å². The zero-order chi connectivity index (χ0) is 14.4. The standard InChI is InChI=1S/C15H18BrNO2S/c1-3-19-14-8-11(4-5-13(14)18-2)9-17-10-15-12(16)6-7-20-15/h4-8,17H,3,9-10H2,1-2H3. The van der Waals surface area contributed by atoms with Crippen LogP contribution in [0.4, 0.5) is 0 Å². The van der Waals surface area contributed by atoms with E-state index in [1.807, 2.05) is 19.1 Å². The number of halogens is 1. The van der Waals surface area contributed by atoms with Crippen molar-refractivity contribution >= 4 is 27.3 Å². The molecule has 0 atom stereocenters. The summed E-state index contributed by atoms with van der Waals surface area (Å²) < 4.78 is 12.0. The number of nitrogens with one attached hydrogen (secondary N) is 1. The van der Waals surface area contributed by atoms with Crippen LogP contribution < -0.4 is 14.8 Å². The second kappa shape index (κ2) is 7.67. The molecular formula is C15H18BrNO2S. The van der Waals surface area contributed by atoms with Crippen molar-refractivity contribution in [1.29, 1.82) is 0 Å². The molecule has 5 heteroatoms. The first-order chi connectivity index (χ1) is 9.74. The van der Waals surface area contributed by atoms with E-state index in [0.717, 1.165) is 24.6 Å². The van der Waals surface area contributed by atoms with Crippen LogP contribution >= 0.6 is 27.3 Å². The molecule has 0 aliphatic carbocycles. The van der Waals surface area contributed by atoms with Crippen LogP contribution in [0.2, 0.25) is 0 Å². The molecule has 1 N–H and O–H groups in total. The van der Waals surface area contributed by atoms with Crippen molar-refractivity contribution < 1.29 is 9.47 Å². The fraction of sp³-hybridized carbons (Fsp3) is 0.333. The van der Waals surface area contributed by atoms with Gasteiger partial charge >= 0.3 is 0 Å². The van der Waals surface area contributed by atoms with Crippen LogP contribution in [-0.4, -0.2) is 13.7 Å². The normalized spacial score (nSPS) is 10.6. The van der Waals surface area contributed by atoms with Gasteiger partial charge in [0.05, 0.1) is 13.7 Å². The molecule has 0 saturated carbocycles. The highest BCUT2D eigenvalue weighted by Gasteiger charge is 2.06. The van der Waals surface area contributed by atoms with Gasteiger partial charge in [-0.25, -0.2) is 0 Å². The second-order valence-corrected chi connectivity index (χ2v) is 6.07. The molecule has 108 valence electrons. The summed E-state index contributed by atoms with van der Waals surface area (Å²) in [6.45, 7) is 4.26. The third-order valence-electron chi connectivity index (χ3n) is 2.83. The molecule has 0 fully saturated rings. The van der Waals surface area contributed by atoms with Gasteiger partial charge < -0.3 is 14.8 Å². The van der Waals surface area contributed by atoms with Crippen LogP contribution in [0.1, 0.15) is 17.4 Å². The summed E-state index contributed by atoms with van der Waals surface area (Å²) in [5.41, 5.74) is 1.18. The largest absolute Gasteiger partial charge is 0.493 e. The van der Waals surface area contributed by atoms with Crippen molar-refractivity contribution in [3.05, 3.63) is 44.6 Å². The summed E-state index contributed by atoms with van der Waals surface area (Å²) in [6, 6.07) is 8.10. The molecule has 0 aliphatic heterocycles. The van der Waals surface area contributed by atoms with Crippen molar-refractivity contribution in [2.45, 2.75) is 20.0 Å². The lowest BCUT2D eigenvalue weighted by Gasteiger charge is -2.11. The lowest BCUT2D eigenvalue weighted by molar-refractivity contribution is 0.310.